The number of nitrogens with zero attached hydrogens (tertiary/aromatic N) is 1. The van der Waals surface area contributed by atoms with Gasteiger partial charge >= 0.3 is 6.36 Å². The van der Waals surface area contributed by atoms with Gasteiger partial charge in [-0.2, -0.15) is 0 Å². The fourth-order valence-electron chi connectivity index (χ4n) is 2.34. The summed E-state index contributed by atoms with van der Waals surface area (Å²) in [6.07, 6.45) is -4.80. The molecule has 0 atom stereocenters. The Morgan fingerprint density at radius 1 is 1.14 bits per heavy atom. The number of ether oxygens (including phenoxy) is 2. The van der Waals surface area contributed by atoms with Crippen molar-refractivity contribution in [3.05, 3.63) is 76.2 Å². The molecule has 28 heavy (non-hydrogen) atoms. The summed E-state index contributed by atoms with van der Waals surface area (Å²) in [5.74, 6) is -0.307. The fourth-order valence-corrected chi connectivity index (χ4v) is 2.89. The molecular weight excluding hydrogens is 393 g/mol. The van der Waals surface area contributed by atoms with Crippen LogP contribution >= 0.6 is 11.3 Å². The van der Waals surface area contributed by atoms with Gasteiger partial charge in [-0.3, -0.25) is 4.79 Å². The van der Waals surface area contributed by atoms with Gasteiger partial charge in [0, 0.05) is 23.1 Å². The number of hydrogen-bond donors (Lipinski definition) is 1. The average Bonchev–Trinajstić information content (AvgIpc) is 3.18. The van der Waals surface area contributed by atoms with E-state index in [4.69, 9.17) is 4.74 Å². The zero-order valence-corrected chi connectivity index (χ0v) is 15.2. The van der Waals surface area contributed by atoms with E-state index >= 15 is 0 Å². The summed E-state index contributed by atoms with van der Waals surface area (Å²) in [6.45, 7) is 0.158. The van der Waals surface area contributed by atoms with Crippen LogP contribution in [0.15, 0.2) is 59.4 Å². The number of para-hydroxylation sites is 1. The number of rotatable bonds is 7. The molecule has 3 aromatic rings. The number of aromatic nitrogens is 1. The monoisotopic (exact) mass is 408 g/mol. The minimum absolute atomic E-state index is 0.116. The Labute approximate surface area is 162 Å². The zero-order valence-electron chi connectivity index (χ0n) is 14.4. The molecule has 0 saturated heterocycles. The lowest BCUT2D eigenvalue weighted by molar-refractivity contribution is -0.274. The van der Waals surface area contributed by atoms with Crippen LogP contribution in [0.2, 0.25) is 0 Å². The molecule has 1 heterocycles. The van der Waals surface area contributed by atoms with Crippen molar-refractivity contribution in [3.63, 3.8) is 0 Å². The zero-order chi connectivity index (χ0) is 20.0. The summed E-state index contributed by atoms with van der Waals surface area (Å²) in [6, 6.07) is 12.1. The molecule has 1 N–H and O–H groups in total. The molecular formula is C19H15F3N2O3S. The molecule has 0 spiro atoms. The second kappa shape index (κ2) is 8.75. The van der Waals surface area contributed by atoms with Crippen molar-refractivity contribution in [2.75, 3.05) is 0 Å². The predicted octanol–water partition coefficient (Wildman–Crippen LogP) is 4.55. The van der Waals surface area contributed by atoms with Gasteiger partial charge < -0.3 is 14.8 Å². The van der Waals surface area contributed by atoms with E-state index in [0.29, 0.717) is 11.3 Å². The highest BCUT2D eigenvalue weighted by molar-refractivity contribution is 7.07. The van der Waals surface area contributed by atoms with Crippen molar-refractivity contribution >= 4 is 17.2 Å². The number of halogens is 3. The summed E-state index contributed by atoms with van der Waals surface area (Å²) in [5.41, 5.74) is 3.01. The van der Waals surface area contributed by atoms with Gasteiger partial charge in [-0.15, -0.1) is 24.5 Å². The third-order valence-electron chi connectivity index (χ3n) is 3.60. The lowest BCUT2D eigenvalue weighted by Gasteiger charge is -2.14. The van der Waals surface area contributed by atoms with Gasteiger partial charge in [-0.05, 0) is 24.3 Å². The number of alkyl halides is 3. The molecule has 1 amide bonds. The first-order valence-electron chi connectivity index (χ1n) is 8.12. The molecule has 0 aliphatic heterocycles. The maximum Gasteiger partial charge on any atom is 0.573 e. The number of hydrogen-bond acceptors (Lipinski definition) is 5. The Bertz CT molecular complexity index is 930. The minimum atomic E-state index is -4.80. The Hall–Kier alpha value is -3.07. The van der Waals surface area contributed by atoms with Gasteiger partial charge in [0.25, 0.3) is 5.91 Å². The van der Waals surface area contributed by atoms with Crippen molar-refractivity contribution in [2.45, 2.75) is 19.5 Å². The Morgan fingerprint density at radius 3 is 2.71 bits per heavy atom. The second-order valence-electron chi connectivity index (χ2n) is 5.63. The van der Waals surface area contributed by atoms with Crippen molar-refractivity contribution in [2.24, 2.45) is 0 Å². The maximum absolute atomic E-state index is 12.5. The number of nitrogens with one attached hydrogen (secondary N) is 1. The van der Waals surface area contributed by atoms with Gasteiger partial charge in [0.2, 0.25) is 0 Å². The normalized spacial score (nSPS) is 11.1. The lowest BCUT2D eigenvalue weighted by atomic mass is 10.1. The van der Waals surface area contributed by atoms with Crippen LogP contribution in [-0.4, -0.2) is 17.3 Å². The van der Waals surface area contributed by atoms with Crippen LogP contribution in [0.25, 0.3) is 0 Å². The van der Waals surface area contributed by atoms with Crippen molar-refractivity contribution < 1.29 is 27.4 Å². The van der Waals surface area contributed by atoms with E-state index in [2.05, 4.69) is 15.0 Å². The third-order valence-corrected chi connectivity index (χ3v) is 4.24. The largest absolute Gasteiger partial charge is 0.573 e. The smallest absolute Gasteiger partial charge is 0.487 e. The number of carbonyl (C=O) groups excluding carboxylic acids is 1. The molecule has 0 aliphatic rings. The highest BCUT2D eigenvalue weighted by atomic mass is 32.1. The van der Waals surface area contributed by atoms with Gasteiger partial charge in [0.15, 0.2) is 0 Å². The number of benzene rings is 2. The minimum Gasteiger partial charge on any atom is -0.487 e. The first kappa shape index (κ1) is 19.7. The molecule has 5 nitrogen and oxygen atoms in total. The molecule has 146 valence electrons. The van der Waals surface area contributed by atoms with Gasteiger partial charge in [0.05, 0.1) is 11.2 Å². The van der Waals surface area contributed by atoms with Crippen LogP contribution in [0.5, 0.6) is 11.5 Å². The van der Waals surface area contributed by atoms with Crippen LogP contribution in [0.1, 0.15) is 21.6 Å². The molecule has 0 radical (unpaired) electrons. The van der Waals surface area contributed by atoms with E-state index in [-0.39, 0.29) is 24.5 Å². The topological polar surface area (TPSA) is 60.5 Å². The van der Waals surface area contributed by atoms with Gasteiger partial charge in [0.1, 0.15) is 18.1 Å². The Balaban J connectivity index is 1.62. The van der Waals surface area contributed by atoms with Gasteiger partial charge in [-0.1, -0.05) is 24.3 Å². The van der Waals surface area contributed by atoms with E-state index in [0.717, 1.165) is 5.69 Å². The lowest BCUT2D eigenvalue weighted by Crippen LogP contribution is -2.24. The highest BCUT2D eigenvalue weighted by Gasteiger charge is 2.32. The molecule has 0 saturated carbocycles. The number of carbonyl (C=O) groups is 1. The molecule has 0 unspecified atom stereocenters. The van der Waals surface area contributed by atoms with Crippen molar-refractivity contribution in [1.82, 2.24) is 10.3 Å². The average molecular weight is 408 g/mol. The maximum atomic E-state index is 12.5. The van der Waals surface area contributed by atoms with Gasteiger partial charge in [-0.25, -0.2) is 4.98 Å². The molecule has 0 fully saturated rings. The SMILES string of the molecule is O=C(NCc1ccccc1OC(F)(F)F)c1cccc(OCc2cscn2)c1. The summed E-state index contributed by atoms with van der Waals surface area (Å²) in [5, 5.41) is 4.44. The molecule has 3 rings (SSSR count). The van der Waals surface area contributed by atoms with Crippen LogP contribution < -0.4 is 14.8 Å². The predicted molar refractivity (Wildman–Crippen MR) is 97.2 cm³/mol. The fraction of sp³-hybridized carbons (Fsp3) is 0.158. The van der Waals surface area contributed by atoms with Crippen LogP contribution in [-0.2, 0) is 13.2 Å². The molecule has 2 aromatic carbocycles. The first-order chi connectivity index (χ1) is 13.4. The molecule has 0 bridgehead atoms. The van der Waals surface area contributed by atoms with Crippen LogP contribution in [0, 0.1) is 0 Å². The van der Waals surface area contributed by atoms with E-state index in [1.165, 1.54) is 29.5 Å². The molecule has 9 heteroatoms. The van der Waals surface area contributed by atoms with E-state index in [1.54, 1.807) is 35.8 Å². The summed E-state index contributed by atoms with van der Waals surface area (Å²) < 4.78 is 47.0. The van der Waals surface area contributed by atoms with E-state index < -0.39 is 12.3 Å². The number of amides is 1. The Kier molecular flexibility index (Phi) is 6.15. The quantitative estimate of drug-likeness (QED) is 0.623. The van der Waals surface area contributed by atoms with Crippen molar-refractivity contribution in [1.29, 1.82) is 0 Å². The van der Waals surface area contributed by atoms with Crippen molar-refractivity contribution in [3.8, 4) is 11.5 Å². The van der Waals surface area contributed by atoms with E-state index in [9.17, 15) is 18.0 Å². The third kappa shape index (κ3) is 5.71. The summed E-state index contributed by atoms with van der Waals surface area (Å²) in [7, 11) is 0. The summed E-state index contributed by atoms with van der Waals surface area (Å²) in [4.78, 5) is 16.5. The number of thiazole rings is 1. The Morgan fingerprint density at radius 2 is 1.96 bits per heavy atom. The van der Waals surface area contributed by atoms with E-state index in [1.807, 2.05) is 5.38 Å². The van der Waals surface area contributed by atoms with Crippen LogP contribution in [0.3, 0.4) is 0 Å². The highest BCUT2D eigenvalue weighted by Crippen LogP contribution is 2.26. The first-order valence-corrected chi connectivity index (χ1v) is 9.07. The molecule has 1 aromatic heterocycles. The summed E-state index contributed by atoms with van der Waals surface area (Å²) >= 11 is 1.46. The second-order valence-corrected chi connectivity index (χ2v) is 6.35. The standard InChI is InChI=1S/C19H15F3N2O3S/c20-19(21,22)27-17-7-2-1-4-14(17)9-23-18(25)13-5-3-6-16(8-13)26-10-15-11-28-12-24-15/h1-8,11-12H,9-10H2,(H,23,25). The molecule has 0 aliphatic carbocycles. The van der Waals surface area contributed by atoms with Crippen LogP contribution in [0.4, 0.5) is 13.2 Å².